The normalized spacial score (nSPS) is 20.9. The van der Waals surface area contributed by atoms with Crippen LogP contribution < -0.4 is 10.2 Å². The second-order valence-corrected chi connectivity index (χ2v) is 5.67. The number of H-pyrrole nitrogens is 1. The Balaban J connectivity index is 1.62. The van der Waals surface area contributed by atoms with Crippen molar-refractivity contribution in [2.45, 2.75) is 18.3 Å². The van der Waals surface area contributed by atoms with E-state index in [9.17, 15) is 0 Å². The minimum absolute atomic E-state index is 0.0839. The molecule has 1 aliphatic heterocycles. The van der Waals surface area contributed by atoms with Crippen molar-refractivity contribution in [2.75, 3.05) is 31.1 Å². The first-order valence-corrected chi connectivity index (χ1v) is 7.33. The first-order chi connectivity index (χ1) is 9.88. The van der Waals surface area contributed by atoms with Crippen LogP contribution in [-0.2, 0) is 5.41 Å². The van der Waals surface area contributed by atoms with Crippen molar-refractivity contribution in [3.8, 4) is 0 Å². The molecule has 1 aromatic heterocycles. The van der Waals surface area contributed by atoms with Crippen LogP contribution in [0.5, 0.6) is 0 Å². The molecule has 2 N–H and O–H groups in total. The Morgan fingerprint density at radius 1 is 1.05 bits per heavy atom. The molecule has 1 aliphatic carbocycles. The van der Waals surface area contributed by atoms with Gasteiger partial charge in [-0.2, -0.15) is 4.98 Å². The number of benzene rings is 1. The highest BCUT2D eigenvalue weighted by atomic mass is 15.4. The molecule has 0 spiro atoms. The number of piperazine rings is 1. The Morgan fingerprint density at radius 3 is 2.50 bits per heavy atom. The van der Waals surface area contributed by atoms with Gasteiger partial charge >= 0.3 is 0 Å². The van der Waals surface area contributed by atoms with Crippen molar-refractivity contribution in [3.63, 3.8) is 0 Å². The smallest absolute Gasteiger partial charge is 0.244 e. The average Bonchev–Trinajstić information content (AvgIpc) is 3.19. The van der Waals surface area contributed by atoms with Gasteiger partial charge in [0, 0.05) is 26.2 Å². The van der Waals surface area contributed by atoms with Gasteiger partial charge in [-0.05, 0) is 18.4 Å². The molecular weight excluding hydrogens is 250 g/mol. The van der Waals surface area contributed by atoms with Crippen LogP contribution in [0.4, 0.5) is 5.95 Å². The van der Waals surface area contributed by atoms with Crippen LogP contribution in [0.25, 0.3) is 0 Å². The van der Waals surface area contributed by atoms with Gasteiger partial charge < -0.3 is 10.2 Å². The van der Waals surface area contributed by atoms with Crippen molar-refractivity contribution in [2.24, 2.45) is 0 Å². The number of nitrogens with one attached hydrogen (secondary N) is 2. The van der Waals surface area contributed by atoms with E-state index in [1.165, 1.54) is 5.56 Å². The van der Waals surface area contributed by atoms with Crippen LogP contribution >= 0.6 is 0 Å². The molecule has 2 aliphatic rings. The standard InChI is InChI=1S/C15H19N5/c1-2-4-12(5-3-1)15(6-7-15)13-17-14(19-18-13)20-10-8-16-9-11-20/h1-5,16H,6-11H2,(H,17,18,19). The van der Waals surface area contributed by atoms with Crippen LogP contribution in [-0.4, -0.2) is 41.4 Å². The number of anilines is 1. The van der Waals surface area contributed by atoms with Gasteiger partial charge in [0.15, 0.2) is 0 Å². The van der Waals surface area contributed by atoms with E-state index in [-0.39, 0.29) is 5.41 Å². The summed E-state index contributed by atoms with van der Waals surface area (Å²) in [6.07, 6.45) is 2.32. The molecule has 1 saturated heterocycles. The van der Waals surface area contributed by atoms with E-state index in [1.807, 2.05) is 0 Å². The summed E-state index contributed by atoms with van der Waals surface area (Å²) in [5, 5.41) is 11.0. The van der Waals surface area contributed by atoms with Gasteiger partial charge in [0.2, 0.25) is 5.95 Å². The summed E-state index contributed by atoms with van der Waals surface area (Å²) >= 11 is 0. The first kappa shape index (κ1) is 11.9. The lowest BCUT2D eigenvalue weighted by Gasteiger charge is -2.25. The SMILES string of the molecule is c1ccc(C2(c3nc(N4CCNCC4)n[nH]3)CC2)cc1. The first-order valence-electron chi connectivity index (χ1n) is 7.33. The molecule has 4 rings (SSSR count). The highest BCUT2D eigenvalue weighted by molar-refractivity contribution is 5.41. The number of aromatic amines is 1. The van der Waals surface area contributed by atoms with Crippen molar-refractivity contribution in [1.29, 1.82) is 0 Å². The minimum Gasteiger partial charge on any atom is -0.337 e. The van der Waals surface area contributed by atoms with Gasteiger partial charge in [0.05, 0.1) is 5.41 Å². The molecule has 5 heteroatoms. The molecule has 0 bridgehead atoms. The molecule has 2 heterocycles. The summed E-state index contributed by atoms with van der Waals surface area (Å²) in [4.78, 5) is 7.02. The summed E-state index contributed by atoms with van der Waals surface area (Å²) in [6, 6.07) is 10.7. The van der Waals surface area contributed by atoms with Gasteiger partial charge in [-0.3, -0.25) is 5.10 Å². The summed E-state index contributed by atoms with van der Waals surface area (Å²) in [5.74, 6) is 1.88. The highest BCUT2D eigenvalue weighted by Gasteiger charge is 2.48. The topological polar surface area (TPSA) is 56.8 Å². The van der Waals surface area contributed by atoms with E-state index in [2.05, 4.69) is 50.7 Å². The average molecular weight is 269 g/mol. The zero-order valence-corrected chi connectivity index (χ0v) is 11.5. The van der Waals surface area contributed by atoms with E-state index in [4.69, 9.17) is 4.98 Å². The Bertz CT molecular complexity index is 581. The second-order valence-electron chi connectivity index (χ2n) is 5.67. The maximum atomic E-state index is 4.78. The summed E-state index contributed by atoms with van der Waals surface area (Å²) < 4.78 is 0. The van der Waals surface area contributed by atoms with Crippen LogP contribution in [0.3, 0.4) is 0 Å². The molecule has 5 nitrogen and oxygen atoms in total. The lowest BCUT2D eigenvalue weighted by atomic mass is 9.95. The maximum absolute atomic E-state index is 4.78. The minimum atomic E-state index is 0.0839. The van der Waals surface area contributed by atoms with E-state index < -0.39 is 0 Å². The van der Waals surface area contributed by atoms with Gasteiger partial charge in [-0.25, -0.2) is 0 Å². The second kappa shape index (κ2) is 4.59. The highest BCUT2D eigenvalue weighted by Crippen LogP contribution is 2.52. The quantitative estimate of drug-likeness (QED) is 0.881. The molecule has 2 fully saturated rings. The number of hydrogen-bond donors (Lipinski definition) is 2. The summed E-state index contributed by atoms with van der Waals surface area (Å²) in [5.41, 5.74) is 1.43. The van der Waals surface area contributed by atoms with Crippen LogP contribution in [0, 0.1) is 0 Å². The lowest BCUT2D eigenvalue weighted by molar-refractivity contribution is 0.580. The fraction of sp³-hybridized carbons (Fsp3) is 0.467. The van der Waals surface area contributed by atoms with Crippen molar-refractivity contribution >= 4 is 5.95 Å². The number of aromatic nitrogens is 3. The summed E-state index contributed by atoms with van der Waals surface area (Å²) in [7, 11) is 0. The number of rotatable bonds is 3. The molecule has 0 radical (unpaired) electrons. The predicted molar refractivity (Wildman–Crippen MR) is 77.9 cm³/mol. The Labute approximate surface area is 118 Å². The molecular formula is C15H19N5. The third-order valence-corrected chi connectivity index (χ3v) is 4.40. The van der Waals surface area contributed by atoms with Gasteiger partial charge in [-0.15, -0.1) is 5.10 Å². The number of nitrogens with zero attached hydrogens (tertiary/aromatic N) is 3. The van der Waals surface area contributed by atoms with Gasteiger partial charge in [0.1, 0.15) is 5.82 Å². The van der Waals surface area contributed by atoms with Crippen molar-refractivity contribution in [1.82, 2.24) is 20.5 Å². The summed E-state index contributed by atoms with van der Waals surface area (Å²) in [6.45, 7) is 3.98. The largest absolute Gasteiger partial charge is 0.337 e. The molecule has 0 unspecified atom stereocenters. The van der Waals surface area contributed by atoms with Gasteiger partial charge in [0.25, 0.3) is 0 Å². The zero-order chi connectivity index (χ0) is 13.4. The molecule has 0 amide bonds. The van der Waals surface area contributed by atoms with E-state index in [0.29, 0.717) is 0 Å². The molecule has 104 valence electrons. The van der Waals surface area contributed by atoms with E-state index in [1.54, 1.807) is 0 Å². The van der Waals surface area contributed by atoms with Crippen LogP contribution in [0.15, 0.2) is 30.3 Å². The van der Waals surface area contributed by atoms with Gasteiger partial charge in [-0.1, -0.05) is 30.3 Å². The van der Waals surface area contributed by atoms with Crippen molar-refractivity contribution < 1.29 is 0 Å². The van der Waals surface area contributed by atoms with Crippen LogP contribution in [0.2, 0.25) is 0 Å². The molecule has 20 heavy (non-hydrogen) atoms. The fourth-order valence-corrected chi connectivity index (χ4v) is 3.02. The fourth-order valence-electron chi connectivity index (χ4n) is 3.02. The molecule has 0 atom stereocenters. The monoisotopic (exact) mass is 269 g/mol. The van der Waals surface area contributed by atoms with E-state index >= 15 is 0 Å². The number of hydrogen-bond acceptors (Lipinski definition) is 4. The molecule has 1 saturated carbocycles. The van der Waals surface area contributed by atoms with Crippen molar-refractivity contribution in [3.05, 3.63) is 41.7 Å². The Kier molecular flexibility index (Phi) is 2.73. The molecule has 2 aromatic rings. The Hall–Kier alpha value is -1.88. The molecule has 1 aromatic carbocycles. The lowest BCUT2D eigenvalue weighted by Crippen LogP contribution is -2.44. The predicted octanol–water partition coefficient (Wildman–Crippen LogP) is 1.29. The maximum Gasteiger partial charge on any atom is 0.244 e. The van der Waals surface area contributed by atoms with Crippen LogP contribution in [0.1, 0.15) is 24.2 Å². The third kappa shape index (κ3) is 1.89. The Morgan fingerprint density at radius 2 is 1.80 bits per heavy atom. The van der Waals surface area contributed by atoms with E-state index in [0.717, 1.165) is 50.8 Å². The third-order valence-electron chi connectivity index (χ3n) is 4.40. The zero-order valence-electron chi connectivity index (χ0n) is 11.5.